The summed E-state index contributed by atoms with van der Waals surface area (Å²) in [6.07, 6.45) is 5.89. The van der Waals surface area contributed by atoms with E-state index in [1.165, 1.54) is 5.56 Å². The highest BCUT2D eigenvalue weighted by atomic mass is 15.2. The lowest BCUT2D eigenvalue weighted by Gasteiger charge is -2.22. The molecule has 0 spiro atoms. The lowest BCUT2D eigenvalue weighted by molar-refractivity contribution is 0.338. The van der Waals surface area contributed by atoms with Crippen molar-refractivity contribution in [2.45, 2.75) is 39.7 Å². The fraction of sp³-hybridized carbons (Fsp3) is 0.727. The third-order valence-corrected chi connectivity index (χ3v) is 2.13. The third kappa shape index (κ3) is 3.92. The number of aryl methyl sites for hydroxylation is 1. The van der Waals surface area contributed by atoms with Gasteiger partial charge in [-0.25, -0.2) is 0 Å². The van der Waals surface area contributed by atoms with Crippen LogP contribution in [-0.4, -0.2) is 15.8 Å². The molecule has 0 aliphatic carbocycles. The summed E-state index contributed by atoms with van der Waals surface area (Å²) in [5.74, 6) is 0. The van der Waals surface area contributed by atoms with E-state index < -0.39 is 0 Å². The monoisotopic (exact) mass is 195 g/mol. The van der Waals surface area contributed by atoms with Gasteiger partial charge in [-0.3, -0.25) is 4.68 Å². The first-order valence-corrected chi connectivity index (χ1v) is 5.10. The molecule has 1 heterocycles. The molecule has 14 heavy (non-hydrogen) atoms. The van der Waals surface area contributed by atoms with Gasteiger partial charge in [0.15, 0.2) is 0 Å². The van der Waals surface area contributed by atoms with Crippen molar-refractivity contribution in [3.05, 3.63) is 18.0 Å². The quantitative estimate of drug-likeness (QED) is 0.798. The predicted molar refractivity (Wildman–Crippen MR) is 59.0 cm³/mol. The maximum Gasteiger partial charge on any atom is 0.0522 e. The van der Waals surface area contributed by atoms with Crippen LogP contribution in [0, 0.1) is 5.41 Å². The molecular weight excluding hydrogens is 174 g/mol. The summed E-state index contributed by atoms with van der Waals surface area (Å²) in [4.78, 5) is 0. The Bertz CT molecular complexity index is 283. The summed E-state index contributed by atoms with van der Waals surface area (Å²) >= 11 is 0. The van der Waals surface area contributed by atoms with Crippen LogP contribution in [0.5, 0.6) is 0 Å². The van der Waals surface area contributed by atoms with E-state index in [0.29, 0.717) is 5.41 Å². The normalized spacial score (nSPS) is 14.4. The van der Waals surface area contributed by atoms with Crippen molar-refractivity contribution < 1.29 is 0 Å². The van der Waals surface area contributed by atoms with Gasteiger partial charge in [-0.15, -0.1) is 0 Å². The topological polar surface area (TPSA) is 43.8 Å². The van der Waals surface area contributed by atoms with Gasteiger partial charge < -0.3 is 5.73 Å². The predicted octanol–water partition coefficient (Wildman–Crippen LogP) is 1.73. The fourth-order valence-corrected chi connectivity index (χ4v) is 1.74. The molecule has 0 aliphatic heterocycles. The van der Waals surface area contributed by atoms with E-state index in [0.717, 1.165) is 12.8 Å². The second-order valence-corrected chi connectivity index (χ2v) is 5.25. The van der Waals surface area contributed by atoms with Crippen LogP contribution in [0.15, 0.2) is 12.4 Å². The first-order valence-electron chi connectivity index (χ1n) is 5.10. The van der Waals surface area contributed by atoms with E-state index in [4.69, 9.17) is 5.73 Å². The Morgan fingerprint density at radius 3 is 2.57 bits per heavy atom. The van der Waals surface area contributed by atoms with Crippen molar-refractivity contribution in [3.63, 3.8) is 0 Å². The molecule has 80 valence electrons. The highest BCUT2D eigenvalue weighted by Crippen LogP contribution is 2.21. The summed E-state index contributed by atoms with van der Waals surface area (Å²) < 4.78 is 1.82. The standard InChI is InChI=1S/C11H21N3/c1-11(2,3)6-10(12)5-9-7-13-14(4)8-9/h7-8,10H,5-6,12H2,1-4H3. The van der Waals surface area contributed by atoms with Gasteiger partial charge >= 0.3 is 0 Å². The Kier molecular flexibility index (Phi) is 3.32. The van der Waals surface area contributed by atoms with Gasteiger partial charge in [0.05, 0.1) is 6.20 Å². The van der Waals surface area contributed by atoms with E-state index in [1.807, 2.05) is 24.1 Å². The van der Waals surface area contributed by atoms with Gasteiger partial charge in [-0.05, 0) is 23.8 Å². The average Bonchev–Trinajstić information content (AvgIpc) is 2.30. The molecule has 0 radical (unpaired) electrons. The maximum absolute atomic E-state index is 6.06. The molecular formula is C11H21N3. The summed E-state index contributed by atoms with van der Waals surface area (Å²) in [5, 5.41) is 4.13. The highest BCUT2D eigenvalue weighted by molar-refractivity contribution is 5.05. The van der Waals surface area contributed by atoms with Gasteiger partial charge in [0.25, 0.3) is 0 Å². The van der Waals surface area contributed by atoms with E-state index in [2.05, 4.69) is 25.9 Å². The molecule has 0 aromatic carbocycles. The number of hydrogen-bond acceptors (Lipinski definition) is 2. The van der Waals surface area contributed by atoms with Gasteiger partial charge in [0.2, 0.25) is 0 Å². The van der Waals surface area contributed by atoms with Crippen LogP contribution in [0.25, 0.3) is 0 Å². The number of hydrogen-bond donors (Lipinski definition) is 1. The van der Waals surface area contributed by atoms with Crippen LogP contribution < -0.4 is 5.73 Å². The zero-order chi connectivity index (χ0) is 10.8. The minimum Gasteiger partial charge on any atom is -0.327 e. The molecule has 2 N–H and O–H groups in total. The number of nitrogens with zero attached hydrogens (tertiary/aromatic N) is 2. The van der Waals surface area contributed by atoms with Crippen LogP contribution in [0.4, 0.5) is 0 Å². The summed E-state index contributed by atoms with van der Waals surface area (Å²) in [7, 11) is 1.93. The third-order valence-electron chi connectivity index (χ3n) is 2.13. The van der Waals surface area contributed by atoms with Crippen LogP contribution >= 0.6 is 0 Å². The minimum atomic E-state index is 0.235. The maximum atomic E-state index is 6.06. The molecule has 3 nitrogen and oxygen atoms in total. The van der Waals surface area contributed by atoms with Gasteiger partial charge in [-0.2, -0.15) is 5.10 Å². The molecule has 0 amide bonds. The lowest BCUT2D eigenvalue weighted by Crippen LogP contribution is -2.28. The highest BCUT2D eigenvalue weighted by Gasteiger charge is 2.16. The number of rotatable bonds is 3. The van der Waals surface area contributed by atoms with E-state index in [1.54, 1.807) is 0 Å². The van der Waals surface area contributed by atoms with Crippen LogP contribution in [0.1, 0.15) is 32.8 Å². The molecule has 0 saturated carbocycles. The van der Waals surface area contributed by atoms with E-state index in [-0.39, 0.29) is 6.04 Å². The van der Waals surface area contributed by atoms with Crippen LogP contribution in [0.3, 0.4) is 0 Å². The zero-order valence-electron chi connectivity index (χ0n) is 9.62. The molecule has 0 aliphatic rings. The average molecular weight is 195 g/mol. The SMILES string of the molecule is Cn1cc(CC(N)CC(C)(C)C)cn1. The number of aromatic nitrogens is 2. The largest absolute Gasteiger partial charge is 0.327 e. The molecule has 1 aromatic heterocycles. The number of nitrogens with two attached hydrogens (primary N) is 1. The molecule has 0 saturated heterocycles. The molecule has 1 atom stereocenters. The van der Waals surface area contributed by atoms with Gasteiger partial charge in [0, 0.05) is 19.3 Å². The molecule has 1 rings (SSSR count). The van der Waals surface area contributed by atoms with Gasteiger partial charge in [-0.1, -0.05) is 20.8 Å². The molecule has 0 bridgehead atoms. The second kappa shape index (κ2) is 4.13. The lowest BCUT2D eigenvalue weighted by atomic mass is 9.87. The van der Waals surface area contributed by atoms with E-state index >= 15 is 0 Å². The van der Waals surface area contributed by atoms with Crippen LogP contribution in [0.2, 0.25) is 0 Å². The molecule has 3 heteroatoms. The van der Waals surface area contributed by atoms with Crippen molar-refractivity contribution >= 4 is 0 Å². The van der Waals surface area contributed by atoms with Crippen molar-refractivity contribution in [1.82, 2.24) is 9.78 Å². The van der Waals surface area contributed by atoms with E-state index in [9.17, 15) is 0 Å². The first kappa shape index (κ1) is 11.2. The Balaban J connectivity index is 2.45. The Hall–Kier alpha value is -0.830. The van der Waals surface area contributed by atoms with Crippen LogP contribution in [-0.2, 0) is 13.5 Å². The zero-order valence-corrected chi connectivity index (χ0v) is 9.62. The Morgan fingerprint density at radius 1 is 1.50 bits per heavy atom. The summed E-state index contributed by atoms with van der Waals surface area (Å²) in [6.45, 7) is 6.66. The molecule has 1 unspecified atom stereocenters. The van der Waals surface area contributed by atoms with Crippen molar-refractivity contribution in [3.8, 4) is 0 Å². The first-order chi connectivity index (χ1) is 6.37. The second-order valence-electron chi connectivity index (χ2n) is 5.25. The minimum absolute atomic E-state index is 0.235. The molecule has 1 aromatic rings. The smallest absolute Gasteiger partial charge is 0.0522 e. The van der Waals surface area contributed by atoms with Crippen molar-refractivity contribution in [2.24, 2.45) is 18.2 Å². The summed E-state index contributed by atoms with van der Waals surface area (Å²) in [5.41, 5.74) is 7.60. The summed E-state index contributed by atoms with van der Waals surface area (Å²) in [6, 6.07) is 0.235. The van der Waals surface area contributed by atoms with Crippen molar-refractivity contribution in [2.75, 3.05) is 0 Å². The fourth-order valence-electron chi connectivity index (χ4n) is 1.74. The van der Waals surface area contributed by atoms with Crippen molar-refractivity contribution in [1.29, 1.82) is 0 Å². The molecule has 0 fully saturated rings. The Morgan fingerprint density at radius 2 is 2.14 bits per heavy atom. The Labute approximate surface area is 86.3 Å². The van der Waals surface area contributed by atoms with Gasteiger partial charge in [0.1, 0.15) is 0 Å².